The van der Waals surface area contributed by atoms with Crippen molar-refractivity contribution in [3.05, 3.63) is 89.5 Å². The number of benzene rings is 2. The van der Waals surface area contributed by atoms with E-state index in [0.717, 1.165) is 20.8 Å². The van der Waals surface area contributed by atoms with Gasteiger partial charge < -0.3 is 13.9 Å². The van der Waals surface area contributed by atoms with Gasteiger partial charge in [0.15, 0.2) is 0 Å². The number of rotatable bonds is 7. The van der Waals surface area contributed by atoms with Gasteiger partial charge in [0.25, 0.3) is 10.0 Å². The molecule has 8 nitrogen and oxygen atoms in total. The first kappa shape index (κ1) is 23.8. The van der Waals surface area contributed by atoms with Crippen LogP contribution < -0.4 is 4.31 Å². The molecule has 0 aliphatic rings. The first-order valence-electron chi connectivity index (χ1n) is 10.2. The van der Waals surface area contributed by atoms with E-state index in [4.69, 9.17) is 27.6 Å². The Morgan fingerprint density at radius 3 is 2.51 bits per heavy atom. The highest BCUT2D eigenvalue weighted by Crippen LogP contribution is 2.33. The molecule has 0 spiro atoms. The van der Waals surface area contributed by atoms with E-state index in [1.165, 1.54) is 24.5 Å². The molecule has 5 rings (SSSR count). The third-order valence-corrected chi connectivity index (χ3v) is 8.15. The summed E-state index contributed by atoms with van der Waals surface area (Å²) in [5, 5.41) is 1.19. The second kappa shape index (κ2) is 9.60. The van der Waals surface area contributed by atoms with Gasteiger partial charge in [0.2, 0.25) is 5.89 Å². The number of oxazole rings is 1. The summed E-state index contributed by atoms with van der Waals surface area (Å²) < 4.78 is 35.2. The van der Waals surface area contributed by atoms with Crippen LogP contribution in [0.5, 0.6) is 0 Å². The molecule has 35 heavy (non-hydrogen) atoms. The van der Waals surface area contributed by atoms with Gasteiger partial charge in [0.1, 0.15) is 12.1 Å². The molecule has 3 aromatic heterocycles. The van der Waals surface area contributed by atoms with Crippen LogP contribution in [0, 0.1) is 0 Å². The molecule has 0 radical (unpaired) electrons. The lowest BCUT2D eigenvalue weighted by Gasteiger charge is -2.24. The van der Waals surface area contributed by atoms with E-state index in [-0.39, 0.29) is 21.2 Å². The second-order valence-electron chi connectivity index (χ2n) is 7.44. The normalized spacial score (nSPS) is 12.1. The van der Waals surface area contributed by atoms with E-state index in [9.17, 15) is 13.3 Å². The minimum atomic E-state index is -4.03. The molecule has 12 heteroatoms. The number of pyridine rings is 1. The Balaban J connectivity index is 1.55. The van der Waals surface area contributed by atoms with E-state index in [1.807, 2.05) is 22.9 Å². The molecular formula is C23H17Cl2N4O4PS. The zero-order valence-electron chi connectivity index (χ0n) is 17.8. The van der Waals surface area contributed by atoms with Crippen molar-refractivity contribution in [3.8, 4) is 17.3 Å². The van der Waals surface area contributed by atoms with Gasteiger partial charge in [-0.25, -0.2) is 18.4 Å². The maximum atomic E-state index is 13.4. The SMILES string of the molecule is O=S(=O)(c1cc(Cl)cc(Cl)c1)N(CPO)c1ccc2c(ccn2-c2cc(-c3ncco3)ccn2)c1. The minimum Gasteiger partial charge on any atom is -0.445 e. The number of anilines is 1. The molecule has 178 valence electrons. The molecule has 0 bridgehead atoms. The van der Waals surface area contributed by atoms with Crippen LogP contribution in [0.25, 0.3) is 28.2 Å². The molecule has 0 aliphatic carbocycles. The van der Waals surface area contributed by atoms with E-state index in [0.29, 0.717) is 17.4 Å². The van der Waals surface area contributed by atoms with Crippen LogP contribution in [0.15, 0.2) is 88.8 Å². The van der Waals surface area contributed by atoms with Crippen molar-refractivity contribution in [2.45, 2.75) is 4.90 Å². The Morgan fingerprint density at radius 1 is 1.00 bits per heavy atom. The van der Waals surface area contributed by atoms with Crippen LogP contribution >= 0.6 is 32.0 Å². The third-order valence-electron chi connectivity index (χ3n) is 5.27. The van der Waals surface area contributed by atoms with Crippen molar-refractivity contribution in [2.24, 2.45) is 0 Å². The first-order chi connectivity index (χ1) is 16.9. The van der Waals surface area contributed by atoms with Crippen molar-refractivity contribution in [1.29, 1.82) is 0 Å². The Morgan fingerprint density at radius 2 is 1.80 bits per heavy atom. The number of fused-ring (bicyclic) bond motifs is 1. The van der Waals surface area contributed by atoms with E-state index in [1.54, 1.807) is 36.7 Å². The zero-order valence-corrected chi connectivity index (χ0v) is 21.2. The zero-order chi connectivity index (χ0) is 24.6. The number of sulfonamides is 1. The Bertz CT molecular complexity index is 1600. The number of hydrogen-bond donors (Lipinski definition) is 1. The summed E-state index contributed by atoms with van der Waals surface area (Å²) in [5.74, 6) is 1.14. The van der Waals surface area contributed by atoms with Crippen LogP contribution in [0.4, 0.5) is 5.69 Å². The van der Waals surface area contributed by atoms with E-state index >= 15 is 0 Å². The van der Waals surface area contributed by atoms with Crippen LogP contribution in [0.1, 0.15) is 0 Å². The average Bonchev–Trinajstić information content (AvgIpc) is 3.52. The minimum absolute atomic E-state index is 0.0570. The molecule has 1 N–H and O–H groups in total. The molecule has 2 aromatic carbocycles. The molecule has 0 amide bonds. The lowest BCUT2D eigenvalue weighted by Crippen LogP contribution is -2.30. The summed E-state index contributed by atoms with van der Waals surface area (Å²) in [4.78, 5) is 18.2. The lowest BCUT2D eigenvalue weighted by molar-refractivity contribution is 0.574. The summed E-state index contributed by atoms with van der Waals surface area (Å²) in [5.41, 5.74) is 2.00. The highest BCUT2D eigenvalue weighted by molar-refractivity contribution is 7.93. The second-order valence-corrected chi connectivity index (χ2v) is 10.8. The van der Waals surface area contributed by atoms with Crippen molar-refractivity contribution in [3.63, 3.8) is 0 Å². The summed E-state index contributed by atoms with van der Waals surface area (Å²) >= 11 is 12.1. The highest BCUT2D eigenvalue weighted by Gasteiger charge is 2.26. The smallest absolute Gasteiger partial charge is 0.264 e. The highest BCUT2D eigenvalue weighted by atomic mass is 35.5. The maximum Gasteiger partial charge on any atom is 0.264 e. The topological polar surface area (TPSA) is 101 Å². The Labute approximate surface area is 212 Å². The van der Waals surface area contributed by atoms with Gasteiger partial charge >= 0.3 is 0 Å². The molecule has 1 atom stereocenters. The largest absolute Gasteiger partial charge is 0.445 e. The van der Waals surface area contributed by atoms with Crippen molar-refractivity contribution in [2.75, 3.05) is 10.6 Å². The van der Waals surface area contributed by atoms with Crippen molar-refractivity contribution < 1.29 is 17.7 Å². The van der Waals surface area contributed by atoms with Gasteiger partial charge in [-0.15, -0.1) is 0 Å². The molecular weight excluding hydrogens is 530 g/mol. The van der Waals surface area contributed by atoms with Crippen LogP contribution in [0.3, 0.4) is 0 Å². The molecule has 0 fully saturated rings. The summed E-state index contributed by atoms with van der Waals surface area (Å²) in [7, 11) is -4.66. The third kappa shape index (κ3) is 4.66. The van der Waals surface area contributed by atoms with E-state index in [2.05, 4.69) is 9.97 Å². The lowest BCUT2D eigenvalue weighted by atomic mass is 10.2. The predicted molar refractivity (Wildman–Crippen MR) is 138 cm³/mol. The predicted octanol–water partition coefficient (Wildman–Crippen LogP) is 5.73. The molecule has 0 saturated carbocycles. The molecule has 3 heterocycles. The van der Waals surface area contributed by atoms with Gasteiger partial charge in [0, 0.05) is 42.2 Å². The first-order valence-corrected chi connectivity index (χ1v) is 13.5. The van der Waals surface area contributed by atoms with E-state index < -0.39 is 18.8 Å². The van der Waals surface area contributed by atoms with Gasteiger partial charge in [0.05, 0.1) is 28.6 Å². The number of hydrogen-bond acceptors (Lipinski definition) is 6. The molecule has 0 aliphatic heterocycles. The number of nitrogens with zero attached hydrogens (tertiary/aromatic N) is 4. The molecule has 0 saturated heterocycles. The average molecular weight is 547 g/mol. The quantitative estimate of drug-likeness (QED) is 0.262. The fourth-order valence-electron chi connectivity index (χ4n) is 3.72. The monoisotopic (exact) mass is 546 g/mol. The van der Waals surface area contributed by atoms with Crippen LogP contribution in [-0.4, -0.2) is 34.1 Å². The van der Waals surface area contributed by atoms with Gasteiger partial charge in [-0.3, -0.25) is 4.31 Å². The van der Waals surface area contributed by atoms with Crippen molar-refractivity contribution >= 4 is 58.6 Å². The molecule has 1 unspecified atom stereocenters. The van der Waals surface area contributed by atoms with Crippen molar-refractivity contribution in [1.82, 2.24) is 14.5 Å². The number of aromatic nitrogens is 3. The van der Waals surface area contributed by atoms with Gasteiger partial charge in [-0.1, -0.05) is 23.2 Å². The Hall–Kier alpha value is -2.94. The van der Waals surface area contributed by atoms with Crippen LogP contribution in [0.2, 0.25) is 10.0 Å². The standard InChI is InChI=1S/C23H17Cl2N4O4PS/c24-17-11-18(25)13-20(12-17)35(31,32)29(14-34-30)19-1-2-21-15(9-19)4-7-28(21)22-10-16(3-5-26-22)23-27-6-8-33-23/h1-13,30,34H,14H2. The molecule has 5 aromatic rings. The number of halogens is 2. The fraction of sp³-hybridized carbons (Fsp3) is 0.0435. The Kier molecular flexibility index (Phi) is 6.53. The van der Waals surface area contributed by atoms with Gasteiger partial charge in [-0.05, 0) is 54.6 Å². The maximum absolute atomic E-state index is 13.4. The summed E-state index contributed by atoms with van der Waals surface area (Å²) in [6, 6.07) is 14.9. The summed E-state index contributed by atoms with van der Waals surface area (Å²) in [6.45, 7) is 0. The fourth-order valence-corrected chi connectivity index (χ4v) is 6.73. The van der Waals surface area contributed by atoms with Crippen LogP contribution in [-0.2, 0) is 10.0 Å². The van der Waals surface area contributed by atoms with Gasteiger partial charge in [-0.2, -0.15) is 0 Å². The summed E-state index contributed by atoms with van der Waals surface area (Å²) in [6.07, 6.45) is 6.48.